The van der Waals surface area contributed by atoms with E-state index in [2.05, 4.69) is 212 Å². The Bertz CT molecular complexity index is 2460. The maximum atomic E-state index is 4.03. The predicted octanol–water partition coefficient (Wildman–Crippen LogP) is 12.2. The van der Waals surface area contributed by atoms with Crippen LogP contribution in [0, 0.1) is 0 Å². The average molecular weight is 650 g/mol. The minimum absolute atomic E-state index is 0.459. The van der Waals surface area contributed by atoms with Gasteiger partial charge in [0.2, 0.25) is 0 Å². The summed E-state index contributed by atoms with van der Waals surface area (Å²) >= 11 is 0. The van der Waals surface area contributed by atoms with E-state index in [9.17, 15) is 0 Å². The van der Waals surface area contributed by atoms with E-state index in [-0.39, 0.29) is 0 Å². The first-order chi connectivity index (χ1) is 25.3. The van der Waals surface area contributed by atoms with Crippen molar-refractivity contribution in [3.8, 4) is 22.3 Å². The fourth-order valence-electron chi connectivity index (χ4n) is 9.28. The Morgan fingerprint density at radius 3 is 1.25 bits per heavy atom. The molecule has 8 aromatic carbocycles. The average Bonchev–Trinajstić information content (AvgIpc) is 3.68. The molecule has 1 heteroatoms. The van der Waals surface area contributed by atoms with Gasteiger partial charge in [-0.1, -0.05) is 188 Å². The largest absolute Gasteiger partial charge is 0.355 e. The van der Waals surface area contributed by atoms with Crippen LogP contribution in [0.25, 0.3) is 22.3 Å². The number of nitrogens with one attached hydrogen (secondary N) is 1. The van der Waals surface area contributed by atoms with Crippen LogP contribution >= 0.6 is 0 Å². The third-order valence-corrected chi connectivity index (χ3v) is 11.2. The SMILES string of the molecule is c1ccc(C2(c3ccccc3)c3ccccc3-c3ccc(Nc4cccc5c4C(c4ccccc4)(c4ccccc4)c4ccccc4-5)cc32)cc1. The van der Waals surface area contributed by atoms with Crippen LogP contribution in [0.1, 0.15) is 44.5 Å². The van der Waals surface area contributed by atoms with Gasteiger partial charge in [0, 0.05) is 16.9 Å². The number of anilines is 2. The first-order valence-electron chi connectivity index (χ1n) is 17.8. The molecule has 0 amide bonds. The third-order valence-electron chi connectivity index (χ3n) is 11.2. The van der Waals surface area contributed by atoms with Crippen LogP contribution in [0.15, 0.2) is 206 Å². The van der Waals surface area contributed by atoms with E-state index in [0.717, 1.165) is 11.4 Å². The Balaban J connectivity index is 1.22. The molecule has 2 aliphatic rings. The van der Waals surface area contributed by atoms with E-state index >= 15 is 0 Å². The van der Waals surface area contributed by atoms with Crippen molar-refractivity contribution < 1.29 is 0 Å². The van der Waals surface area contributed by atoms with Gasteiger partial charge in [0.05, 0.1) is 10.8 Å². The van der Waals surface area contributed by atoms with E-state index in [1.807, 2.05) is 0 Å². The van der Waals surface area contributed by atoms with Gasteiger partial charge in [0.25, 0.3) is 0 Å². The second kappa shape index (κ2) is 11.6. The monoisotopic (exact) mass is 649 g/mol. The van der Waals surface area contributed by atoms with E-state index in [0.29, 0.717) is 0 Å². The Kier molecular flexibility index (Phi) is 6.69. The quantitative estimate of drug-likeness (QED) is 0.189. The van der Waals surface area contributed by atoms with E-state index in [4.69, 9.17) is 0 Å². The highest BCUT2D eigenvalue weighted by atomic mass is 14.9. The molecule has 0 spiro atoms. The molecule has 1 N–H and O–H groups in total. The van der Waals surface area contributed by atoms with Crippen molar-refractivity contribution >= 4 is 11.4 Å². The zero-order valence-corrected chi connectivity index (χ0v) is 28.1. The molecule has 0 fully saturated rings. The Morgan fingerprint density at radius 2 is 0.706 bits per heavy atom. The van der Waals surface area contributed by atoms with Crippen LogP contribution < -0.4 is 5.32 Å². The van der Waals surface area contributed by atoms with Crippen LogP contribution in [0.4, 0.5) is 11.4 Å². The highest BCUT2D eigenvalue weighted by molar-refractivity contribution is 5.93. The molecule has 2 aliphatic carbocycles. The van der Waals surface area contributed by atoms with Crippen molar-refractivity contribution in [1.82, 2.24) is 0 Å². The van der Waals surface area contributed by atoms with Gasteiger partial charge in [-0.25, -0.2) is 0 Å². The number of hydrogen-bond donors (Lipinski definition) is 1. The zero-order valence-electron chi connectivity index (χ0n) is 28.1. The summed E-state index contributed by atoms with van der Waals surface area (Å²) in [6.07, 6.45) is 0. The highest BCUT2D eigenvalue weighted by Crippen LogP contribution is 2.60. The van der Waals surface area contributed by atoms with E-state index < -0.39 is 10.8 Å². The van der Waals surface area contributed by atoms with Gasteiger partial charge in [-0.3, -0.25) is 0 Å². The molecule has 0 saturated heterocycles. The first kappa shape index (κ1) is 29.5. The fraction of sp³-hybridized carbons (Fsp3) is 0.0400. The number of rotatable bonds is 6. The number of fused-ring (bicyclic) bond motifs is 6. The molecule has 0 atom stereocenters. The lowest BCUT2D eigenvalue weighted by atomic mass is 9.67. The zero-order chi connectivity index (χ0) is 33.8. The predicted molar refractivity (Wildman–Crippen MR) is 211 cm³/mol. The molecule has 0 saturated carbocycles. The van der Waals surface area contributed by atoms with Gasteiger partial charge in [0.15, 0.2) is 0 Å². The summed E-state index contributed by atoms with van der Waals surface area (Å²) in [4.78, 5) is 0. The van der Waals surface area contributed by atoms with Crippen LogP contribution in [0.3, 0.4) is 0 Å². The topological polar surface area (TPSA) is 12.0 Å². The van der Waals surface area contributed by atoms with Crippen molar-refractivity contribution in [2.24, 2.45) is 0 Å². The van der Waals surface area contributed by atoms with Crippen molar-refractivity contribution in [2.75, 3.05) is 5.32 Å². The summed E-state index contributed by atoms with van der Waals surface area (Å²) in [6, 6.07) is 75.7. The van der Waals surface area contributed by atoms with Crippen molar-refractivity contribution in [3.05, 3.63) is 251 Å². The Hall–Kier alpha value is -6.44. The van der Waals surface area contributed by atoms with Gasteiger partial charge in [0.1, 0.15) is 0 Å². The Morgan fingerprint density at radius 1 is 0.294 bits per heavy atom. The van der Waals surface area contributed by atoms with E-state index in [1.54, 1.807) is 0 Å². The highest BCUT2D eigenvalue weighted by Gasteiger charge is 2.48. The summed E-state index contributed by atoms with van der Waals surface area (Å²) in [5.41, 5.74) is 16.6. The molecule has 1 nitrogen and oxygen atoms in total. The third kappa shape index (κ3) is 4.16. The van der Waals surface area contributed by atoms with Gasteiger partial charge in [-0.05, 0) is 79.4 Å². The lowest BCUT2D eigenvalue weighted by molar-refractivity contribution is 0.768. The number of benzene rings is 8. The van der Waals surface area contributed by atoms with Crippen LogP contribution in [0.2, 0.25) is 0 Å². The second-order valence-corrected chi connectivity index (χ2v) is 13.7. The maximum absolute atomic E-state index is 4.03. The van der Waals surface area contributed by atoms with Gasteiger partial charge in [-0.15, -0.1) is 0 Å². The second-order valence-electron chi connectivity index (χ2n) is 13.7. The van der Waals surface area contributed by atoms with Gasteiger partial charge in [-0.2, -0.15) is 0 Å². The normalized spacial score (nSPS) is 14.2. The molecule has 0 radical (unpaired) electrons. The summed E-state index contributed by atoms with van der Waals surface area (Å²) < 4.78 is 0. The molecule has 8 aromatic rings. The molecule has 0 unspecified atom stereocenters. The molecule has 0 bridgehead atoms. The van der Waals surface area contributed by atoms with Crippen molar-refractivity contribution in [1.29, 1.82) is 0 Å². The fourth-order valence-corrected chi connectivity index (χ4v) is 9.28. The van der Waals surface area contributed by atoms with Gasteiger partial charge < -0.3 is 5.32 Å². The first-order valence-corrected chi connectivity index (χ1v) is 17.8. The maximum Gasteiger partial charge on any atom is 0.0733 e. The van der Waals surface area contributed by atoms with Crippen molar-refractivity contribution in [3.63, 3.8) is 0 Å². The van der Waals surface area contributed by atoms with Crippen LogP contribution in [-0.4, -0.2) is 0 Å². The van der Waals surface area contributed by atoms with Gasteiger partial charge >= 0.3 is 0 Å². The minimum Gasteiger partial charge on any atom is -0.355 e. The standard InChI is InChI=1S/C50H35N/c1-5-18-35(19-6-1)49(36-20-7-2-8-21-36)44-29-15-13-26-40(44)42-33-32-39(34-46(42)49)51-47-31-17-28-43-41-27-14-16-30-45(41)50(48(43)47,37-22-9-3-10-23-37)38-24-11-4-12-25-38/h1-34,51H. The lowest BCUT2D eigenvalue weighted by Crippen LogP contribution is -2.29. The smallest absolute Gasteiger partial charge is 0.0733 e. The van der Waals surface area contributed by atoms with Crippen LogP contribution in [-0.2, 0) is 10.8 Å². The molecule has 0 heterocycles. The summed E-state index contributed by atoms with van der Waals surface area (Å²) in [7, 11) is 0. The summed E-state index contributed by atoms with van der Waals surface area (Å²) in [5.74, 6) is 0. The van der Waals surface area contributed by atoms with E-state index in [1.165, 1.54) is 66.8 Å². The lowest BCUT2D eigenvalue weighted by Gasteiger charge is -2.35. The van der Waals surface area contributed by atoms with Crippen molar-refractivity contribution in [2.45, 2.75) is 10.8 Å². The molecular formula is C50H35N. The summed E-state index contributed by atoms with van der Waals surface area (Å²) in [6.45, 7) is 0. The minimum atomic E-state index is -0.497. The number of hydrogen-bond acceptors (Lipinski definition) is 1. The molecule has 0 aliphatic heterocycles. The Labute approximate surface area is 299 Å². The molecule has 240 valence electrons. The summed E-state index contributed by atoms with van der Waals surface area (Å²) in [5, 5.41) is 4.03. The molecular weight excluding hydrogens is 615 g/mol. The molecule has 51 heavy (non-hydrogen) atoms. The van der Waals surface area contributed by atoms with Crippen LogP contribution in [0.5, 0.6) is 0 Å². The molecule has 10 rings (SSSR count). The molecule has 0 aromatic heterocycles.